The molecular formula is C27H28N2O6. The van der Waals surface area contributed by atoms with Crippen LogP contribution in [0.25, 0.3) is 0 Å². The lowest BCUT2D eigenvalue weighted by atomic mass is 9.80. The fourth-order valence-corrected chi connectivity index (χ4v) is 4.96. The Labute approximate surface area is 203 Å². The average molecular weight is 477 g/mol. The topological polar surface area (TPSA) is 93.2 Å². The van der Waals surface area contributed by atoms with Crippen molar-refractivity contribution in [1.82, 2.24) is 9.80 Å². The van der Waals surface area contributed by atoms with Crippen LogP contribution in [0.5, 0.6) is 5.75 Å². The predicted molar refractivity (Wildman–Crippen MR) is 126 cm³/mol. The van der Waals surface area contributed by atoms with Gasteiger partial charge in [0.15, 0.2) is 5.78 Å². The van der Waals surface area contributed by atoms with Gasteiger partial charge in [0.1, 0.15) is 23.7 Å². The zero-order valence-electron chi connectivity index (χ0n) is 19.7. The molecule has 182 valence electrons. The lowest BCUT2D eigenvalue weighted by Gasteiger charge is -2.38. The molecular weight excluding hydrogens is 448 g/mol. The monoisotopic (exact) mass is 476 g/mol. The van der Waals surface area contributed by atoms with Gasteiger partial charge in [-0.25, -0.2) is 0 Å². The van der Waals surface area contributed by atoms with Crippen molar-refractivity contribution in [3.8, 4) is 5.75 Å². The summed E-state index contributed by atoms with van der Waals surface area (Å²) in [6.07, 6.45) is 0.0540. The third-order valence-electron chi connectivity index (χ3n) is 7.15. The second kappa shape index (κ2) is 9.36. The van der Waals surface area contributed by atoms with Gasteiger partial charge in [0.2, 0.25) is 0 Å². The molecule has 8 nitrogen and oxygen atoms in total. The van der Waals surface area contributed by atoms with Crippen LogP contribution in [0.4, 0.5) is 0 Å². The summed E-state index contributed by atoms with van der Waals surface area (Å²) in [7, 11) is 0. The van der Waals surface area contributed by atoms with E-state index in [1.165, 1.54) is 5.56 Å². The van der Waals surface area contributed by atoms with Crippen molar-refractivity contribution in [3.05, 3.63) is 64.7 Å². The van der Waals surface area contributed by atoms with Crippen molar-refractivity contribution in [1.29, 1.82) is 0 Å². The van der Waals surface area contributed by atoms with Gasteiger partial charge in [0.05, 0.1) is 30.8 Å². The number of ether oxygens (including phenoxy) is 2. The Morgan fingerprint density at radius 1 is 0.943 bits per heavy atom. The molecule has 3 aliphatic rings. The second-order valence-corrected chi connectivity index (χ2v) is 9.53. The number of imide groups is 1. The molecule has 0 aromatic heterocycles. The van der Waals surface area contributed by atoms with E-state index in [-0.39, 0.29) is 42.8 Å². The summed E-state index contributed by atoms with van der Waals surface area (Å²) in [5.74, 6) is -1.32. The third-order valence-corrected chi connectivity index (χ3v) is 7.15. The number of amides is 2. The fourth-order valence-electron chi connectivity index (χ4n) is 4.96. The maximum absolute atomic E-state index is 13.4. The van der Waals surface area contributed by atoms with Gasteiger partial charge in [0, 0.05) is 26.1 Å². The number of benzene rings is 2. The molecule has 2 fully saturated rings. The summed E-state index contributed by atoms with van der Waals surface area (Å²) in [6.45, 7) is 6.05. The first-order valence-electron chi connectivity index (χ1n) is 11.9. The Morgan fingerprint density at radius 3 is 2.37 bits per heavy atom. The van der Waals surface area contributed by atoms with Crippen LogP contribution >= 0.6 is 0 Å². The minimum Gasteiger partial charge on any atom is -0.488 e. The molecule has 2 heterocycles. The Balaban J connectivity index is 1.30. The van der Waals surface area contributed by atoms with E-state index in [9.17, 15) is 19.2 Å². The van der Waals surface area contributed by atoms with Crippen LogP contribution in [-0.2, 0) is 27.5 Å². The molecule has 8 heteroatoms. The van der Waals surface area contributed by atoms with Gasteiger partial charge >= 0.3 is 0 Å². The molecule has 5 rings (SSSR count). The largest absolute Gasteiger partial charge is 0.488 e. The van der Waals surface area contributed by atoms with Crippen LogP contribution in [0.3, 0.4) is 0 Å². The lowest BCUT2D eigenvalue weighted by molar-refractivity contribution is -0.137. The molecule has 2 aliphatic heterocycles. The van der Waals surface area contributed by atoms with Crippen molar-refractivity contribution in [3.63, 3.8) is 0 Å². The first kappa shape index (κ1) is 23.4. The zero-order chi connectivity index (χ0) is 24.6. The van der Waals surface area contributed by atoms with Crippen molar-refractivity contribution in [2.45, 2.75) is 44.9 Å². The van der Waals surface area contributed by atoms with E-state index in [1.807, 2.05) is 12.1 Å². The van der Waals surface area contributed by atoms with E-state index >= 15 is 0 Å². The second-order valence-electron chi connectivity index (χ2n) is 9.53. The van der Waals surface area contributed by atoms with Crippen molar-refractivity contribution in [2.24, 2.45) is 0 Å². The quantitative estimate of drug-likeness (QED) is 0.468. The number of Topliss-reactive ketones (excluding diaryl/α,β-unsaturated/α-hetero) is 2. The Morgan fingerprint density at radius 2 is 1.66 bits per heavy atom. The number of morpholine rings is 1. The molecule has 1 saturated carbocycles. The maximum Gasteiger partial charge on any atom is 0.266 e. The fraction of sp³-hybridized carbons (Fsp3) is 0.407. The number of nitrogens with zero attached hydrogens (tertiary/aromatic N) is 2. The highest BCUT2D eigenvalue weighted by Crippen LogP contribution is 2.39. The van der Waals surface area contributed by atoms with Gasteiger partial charge in [-0.3, -0.25) is 29.0 Å². The molecule has 35 heavy (non-hydrogen) atoms. The summed E-state index contributed by atoms with van der Waals surface area (Å²) in [4.78, 5) is 54.3. The van der Waals surface area contributed by atoms with E-state index in [2.05, 4.69) is 17.0 Å². The van der Waals surface area contributed by atoms with E-state index < -0.39 is 23.1 Å². The SMILES string of the molecule is C[C@]1(N2C(=O)c3cccc(OCc4ccc(CN5CCOCC5)cc4)c3C2=O)CCC(=O)CC1=O. The number of carbonyl (C=O) groups excluding carboxylic acids is 4. The maximum atomic E-state index is 13.4. The predicted octanol–water partition coefficient (Wildman–Crippen LogP) is 2.77. The summed E-state index contributed by atoms with van der Waals surface area (Å²) in [5, 5.41) is 0. The molecule has 0 bridgehead atoms. The van der Waals surface area contributed by atoms with Crippen LogP contribution < -0.4 is 4.74 Å². The highest BCUT2D eigenvalue weighted by molar-refractivity contribution is 6.25. The van der Waals surface area contributed by atoms with Crippen molar-refractivity contribution in [2.75, 3.05) is 26.3 Å². The number of ketones is 2. The Kier molecular flexibility index (Phi) is 6.25. The lowest BCUT2D eigenvalue weighted by Crippen LogP contribution is -2.57. The number of hydrogen-bond donors (Lipinski definition) is 0. The van der Waals surface area contributed by atoms with Crippen LogP contribution in [0, 0.1) is 0 Å². The number of hydrogen-bond acceptors (Lipinski definition) is 7. The van der Waals surface area contributed by atoms with Crippen molar-refractivity contribution >= 4 is 23.4 Å². The van der Waals surface area contributed by atoms with Gasteiger partial charge < -0.3 is 9.47 Å². The molecule has 1 aliphatic carbocycles. The van der Waals surface area contributed by atoms with Gasteiger partial charge in [-0.15, -0.1) is 0 Å². The molecule has 2 aromatic rings. The minimum atomic E-state index is -1.32. The van der Waals surface area contributed by atoms with Crippen LogP contribution in [0.1, 0.15) is 58.0 Å². The Bertz CT molecular complexity index is 1180. The van der Waals surface area contributed by atoms with Gasteiger partial charge in [-0.1, -0.05) is 30.3 Å². The molecule has 0 spiro atoms. The molecule has 2 amide bonds. The standard InChI is InChI=1S/C27H28N2O6/c1-27(10-9-20(30)15-23(27)31)29-25(32)21-3-2-4-22(24(21)26(29)33)35-17-19-7-5-18(6-8-19)16-28-11-13-34-14-12-28/h2-8H,9-17H2,1H3/t27-/m0/s1. The Hall–Kier alpha value is -3.36. The van der Waals surface area contributed by atoms with Gasteiger partial charge in [-0.05, 0) is 36.6 Å². The molecule has 0 radical (unpaired) electrons. The van der Waals surface area contributed by atoms with Crippen LogP contribution in [0.15, 0.2) is 42.5 Å². The number of fused-ring (bicyclic) bond motifs is 1. The van der Waals surface area contributed by atoms with Crippen LogP contribution in [-0.4, -0.2) is 65.0 Å². The summed E-state index contributed by atoms with van der Waals surface area (Å²) < 4.78 is 11.4. The molecule has 2 aromatic carbocycles. The van der Waals surface area contributed by atoms with E-state index in [1.54, 1.807) is 25.1 Å². The van der Waals surface area contributed by atoms with E-state index in [4.69, 9.17) is 9.47 Å². The molecule has 1 atom stereocenters. The van der Waals surface area contributed by atoms with Gasteiger partial charge in [0.25, 0.3) is 11.8 Å². The first-order valence-corrected chi connectivity index (χ1v) is 11.9. The van der Waals surface area contributed by atoms with Crippen LogP contribution in [0.2, 0.25) is 0 Å². The van der Waals surface area contributed by atoms with Crippen molar-refractivity contribution < 1.29 is 28.7 Å². The average Bonchev–Trinajstić information content (AvgIpc) is 3.13. The van der Waals surface area contributed by atoms with E-state index in [0.29, 0.717) is 5.75 Å². The normalized spacial score (nSPS) is 23.1. The summed E-state index contributed by atoms with van der Waals surface area (Å²) in [6, 6.07) is 13.0. The minimum absolute atomic E-state index is 0.142. The zero-order valence-corrected chi connectivity index (χ0v) is 19.7. The van der Waals surface area contributed by atoms with E-state index in [0.717, 1.165) is 43.3 Å². The summed E-state index contributed by atoms with van der Waals surface area (Å²) in [5.41, 5.74) is 1.22. The number of rotatable bonds is 6. The highest BCUT2D eigenvalue weighted by Gasteiger charge is 2.53. The molecule has 0 unspecified atom stereocenters. The summed E-state index contributed by atoms with van der Waals surface area (Å²) >= 11 is 0. The first-order chi connectivity index (χ1) is 16.9. The highest BCUT2D eigenvalue weighted by atomic mass is 16.5. The molecule has 0 N–H and O–H groups in total. The number of carbonyl (C=O) groups is 4. The molecule has 1 saturated heterocycles. The smallest absolute Gasteiger partial charge is 0.266 e. The van der Waals surface area contributed by atoms with Gasteiger partial charge in [-0.2, -0.15) is 0 Å². The third kappa shape index (κ3) is 4.39.